The lowest BCUT2D eigenvalue weighted by atomic mass is 9.90. The molecule has 1 amide bonds. The summed E-state index contributed by atoms with van der Waals surface area (Å²) in [6.07, 6.45) is -4.59. The molecular weight excluding hydrogens is 543 g/mol. The van der Waals surface area contributed by atoms with Crippen molar-refractivity contribution < 1.29 is 35.5 Å². The Morgan fingerprint density at radius 2 is 1.80 bits per heavy atom. The Bertz CT molecular complexity index is 1450. The van der Waals surface area contributed by atoms with E-state index < -0.39 is 59.4 Å². The van der Waals surface area contributed by atoms with Crippen molar-refractivity contribution in [2.75, 3.05) is 18.0 Å². The van der Waals surface area contributed by atoms with Crippen molar-refractivity contribution in [3.05, 3.63) is 76.4 Å². The number of aromatic nitrogens is 3. The number of nitrogens with zero attached hydrogens (tertiary/aromatic N) is 5. The van der Waals surface area contributed by atoms with Gasteiger partial charge >= 0.3 is 12.1 Å². The highest BCUT2D eigenvalue weighted by Gasteiger charge is 2.57. The number of alkyl halides is 7. The topological polar surface area (TPSA) is 54.3 Å². The van der Waals surface area contributed by atoms with Crippen LogP contribution < -0.4 is 4.90 Å². The second-order valence-corrected chi connectivity index (χ2v) is 10.4. The minimum atomic E-state index is -4.79. The zero-order valence-corrected chi connectivity index (χ0v) is 21.8. The number of carbonyl (C=O) groups is 1. The van der Waals surface area contributed by atoms with Gasteiger partial charge in [0.2, 0.25) is 11.5 Å². The van der Waals surface area contributed by atoms with Crippen LogP contribution in [0.3, 0.4) is 0 Å². The van der Waals surface area contributed by atoms with Crippen LogP contribution in [-0.4, -0.2) is 44.8 Å². The van der Waals surface area contributed by atoms with Crippen LogP contribution in [0.15, 0.2) is 42.7 Å². The molecule has 2 aliphatic rings. The molecule has 214 valence electrons. The van der Waals surface area contributed by atoms with E-state index in [1.54, 1.807) is 11.8 Å². The van der Waals surface area contributed by atoms with E-state index in [1.165, 1.54) is 25.2 Å². The normalized spacial score (nSPS) is 20.6. The Kier molecular flexibility index (Phi) is 6.71. The molecule has 1 saturated heterocycles. The highest BCUT2D eigenvalue weighted by atomic mass is 19.4. The number of aryl methyl sites for hydroxylation is 1. The average Bonchev–Trinajstić information content (AvgIpc) is 3.61. The number of hydrogen-bond acceptors (Lipinski definition) is 4. The molecule has 0 aliphatic carbocycles. The molecule has 13 heteroatoms. The van der Waals surface area contributed by atoms with Gasteiger partial charge in [0, 0.05) is 37.4 Å². The van der Waals surface area contributed by atoms with E-state index >= 15 is 13.2 Å². The molecule has 1 fully saturated rings. The Labute approximate surface area is 225 Å². The fourth-order valence-electron chi connectivity index (χ4n) is 5.36. The monoisotopic (exact) mass is 569 g/mol. The van der Waals surface area contributed by atoms with Gasteiger partial charge in [0.25, 0.3) is 5.91 Å². The fraction of sp³-hybridized carbons (Fsp3) is 0.444. The number of likely N-dealkylation sites (tertiary alicyclic amines) is 1. The van der Waals surface area contributed by atoms with Crippen LogP contribution in [0.5, 0.6) is 0 Å². The second kappa shape index (κ2) is 9.57. The summed E-state index contributed by atoms with van der Waals surface area (Å²) in [4.78, 5) is 16.2. The molecule has 1 aromatic heterocycles. The lowest BCUT2D eigenvalue weighted by Gasteiger charge is -2.30. The lowest BCUT2D eigenvalue weighted by Crippen LogP contribution is -2.39. The van der Waals surface area contributed by atoms with Gasteiger partial charge in [-0.2, -0.15) is 22.0 Å². The van der Waals surface area contributed by atoms with Crippen molar-refractivity contribution in [3.8, 4) is 0 Å². The predicted molar refractivity (Wildman–Crippen MR) is 131 cm³/mol. The van der Waals surface area contributed by atoms with Crippen molar-refractivity contribution in [1.82, 2.24) is 19.7 Å². The summed E-state index contributed by atoms with van der Waals surface area (Å²) in [6, 6.07) is 6.49. The Hall–Kier alpha value is -3.48. The number of anilines is 1. The van der Waals surface area contributed by atoms with Crippen LogP contribution in [0.1, 0.15) is 64.7 Å². The second-order valence-electron chi connectivity index (χ2n) is 10.4. The summed E-state index contributed by atoms with van der Waals surface area (Å²) in [6.45, 7) is 2.28. The van der Waals surface area contributed by atoms with E-state index in [0.29, 0.717) is 13.5 Å². The van der Waals surface area contributed by atoms with E-state index in [0.717, 1.165) is 34.0 Å². The first-order valence-electron chi connectivity index (χ1n) is 12.6. The highest BCUT2D eigenvalue weighted by molar-refractivity contribution is 6.10. The van der Waals surface area contributed by atoms with E-state index in [2.05, 4.69) is 10.2 Å². The maximum Gasteiger partial charge on any atom is 0.416 e. The van der Waals surface area contributed by atoms with E-state index in [9.17, 15) is 22.4 Å². The fourth-order valence-corrected chi connectivity index (χ4v) is 5.36. The summed E-state index contributed by atoms with van der Waals surface area (Å²) in [7, 11) is 1.24. The van der Waals surface area contributed by atoms with Crippen LogP contribution >= 0.6 is 0 Å². The molecule has 3 heterocycles. The first-order valence-corrected chi connectivity index (χ1v) is 12.6. The number of halogens is 7. The smallest absolute Gasteiger partial charge is 0.316 e. The summed E-state index contributed by atoms with van der Waals surface area (Å²) < 4.78 is 103. The molecule has 3 aromatic rings. The zero-order chi connectivity index (χ0) is 29.2. The van der Waals surface area contributed by atoms with Crippen molar-refractivity contribution >= 4 is 11.6 Å². The first-order chi connectivity index (χ1) is 18.6. The van der Waals surface area contributed by atoms with Gasteiger partial charge in [-0.05, 0) is 61.2 Å². The van der Waals surface area contributed by atoms with Crippen molar-refractivity contribution in [2.24, 2.45) is 7.05 Å². The number of rotatable bonds is 6. The molecule has 0 N–H and O–H groups in total. The van der Waals surface area contributed by atoms with Crippen molar-refractivity contribution in [2.45, 2.75) is 56.8 Å². The Morgan fingerprint density at radius 1 is 1.07 bits per heavy atom. The molecule has 3 atom stereocenters. The number of amides is 1. The molecule has 0 radical (unpaired) electrons. The van der Waals surface area contributed by atoms with Gasteiger partial charge in [0.1, 0.15) is 12.5 Å². The van der Waals surface area contributed by atoms with E-state index in [1.807, 2.05) is 0 Å². The van der Waals surface area contributed by atoms with Gasteiger partial charge in [-0.3, -0.25) is 9.69 Å². The molecule has 0 saturated carbocycles. The Balaban J connectivity index is 1.51. The van der Waals surface area contributed by atoms with Crippen LogP contribution in [0.4, 0.5) is 36.4 Å². The minimum Gasteiger partial charge on any atom is -0.316 e. The van der Waals surface area contributed by atoms with E-state index in [-0.39, 0.29) is 35.3 Å². The van der Waals surface area contributed by atoms with Crippen LogP contribution in [0, 0.1) is 0 Å². The van der Waals surface area contributed by atoms with Gasteiger partial charge < -0.3 is 9.47 Å². The molecule has 0 spiro atoms. The minimum absolute atomic E-state index is 0.0427. The van der Waals surface area contributed by atoms with Gasteiger partial charge in [0.15, 0.2) is 0 Å². The molecule has 5 rings (SSSR count). The highest BCUT2D eigenvalue weighted by Crippen LogP contribution is 2.48. The molecule has 6 nitrogen and oxygen atoms in total. The van der Waals surface area contributed by atoms with E-state index in [4.69, 9.17) is 0 Å². The molecule has 2 aromatic carbocycles. The number of fused-ring (bicyclic) bond motifs is 1. The van der Waals surface area contributed by atoms with Crippen LogP contribution in [0.2, 0.25) is 0 Å². The van der Waals surface area contributed by atoms with Crippen molar-refractivity contribution in [1.29, 1.82) is 0 Å². The predicted octanol–water partition coefficient (Wildman–Crippen LogP) is 6.08. The number of carbonyl (C=O) groups excluding carboxylic acids is 1. The number of hydrogen-bond donors (Lipinski definition) is 0. The summed E-state index contributed by atoms with van der Waals surface area (Å²) in [5, 5.41) is 6.72. The molecule has 1 unspecified atom stereocenters. The third-order valence-corrected chi connectivity index (χ3v) is 7.84. The van der Waals surface area contributed by atoms with Crippen molar-refractivity contribution in [3.63, 3.8) is 0 Å². The van der Waals surface area contributed by atoms with Crippen LogP contribution in [0.25, 0.3) is 0 Å². The van der Waals surface area contributed by atoms with Crippen LogP contribution in [-0.2, 0) is 31.4 Å². The Morgan fingerprint density at radius 3 is 2.40 bits per heavy atom. The third-order valence-electron chi connectivity index (χ3n) is 7.84. The lowest BCUT2D eigenvalue weighted by molar-refractivity contribution is -0.149. The van der Waals surface area contributed by atoms with Gasteiger partial charge in [0.05, 0.1) is 12.1 Å². The molecule has 0 bridgehead atoms. The molecule has 2 aliphatic heterocycles. The zero-order valence-electron chi connectivity index (χ0n) is 21.8. The summed E-state index contributed by atoms with van der Waals surface area (Å²) in [5.74, 6) is -5.82. The van der Waals surface area contributed by atoms with Gasteiger partial charge in [-0.25, -0.2) is 8.78 Å². The molecular formula is C27H26F7N5O. The summed E-state index contributed by atoms with van der Waals surface area (Å²) >= 11 is 0. The van der Waals surface area contributed by atoms with Gasteiger partial charge in [-0.1, -0.05) is 12.1 Å². The SMILES string of the molecule is CC(c1cc2c(c(C(F)(F)F)c1)CN(c1cccc([C@@](C)(F)C(F)(F)c3nncn3C)c1)C2=O)N1CC[C@H](F)C1. The molecule has 40 heavy (non-hydrogen) atoms. The quantitative estimate of drug-likeness (QED) is 0.338. The third kappa shape index (κ3) is 4.53. The maximum atomic E-state index is 15.8. The maximum absolute atomic E-state index is 15.8. The first kappa shape index (κ1) is 28.1. The average molecular weight is 570 g/mol. The summed E-state index contributed by atoms with van der Waals surface area (Å²) in [5.41, 5.74) is -5.09. The largest absolute Gasteiger partial charge is 0.416 e. The standard InChI is InChI=1S/C27H26F7N5O/c1-15(38-8-7-18(28)12-38)16-9-20-21(22(10-16)27(32,33)34)13-39(23(20)40)19-6-4-5-17(11-19)25(2,29)26(30,31)24-36-35-14-37(24)3/h4-6,9-11,14-15,18H,7-8,12-13H2,1-3H3/t15?,18-,25+/m0/s1. The van der Waals surface area contributed by atoms with Gasteiger partial charge in [-0.15, -0.1) is 10.2 Å². The number of benzene rings is 2.